The van der Waals surface area contributed by atoms with Crippen molar-refractivity contribution >= 4 is 17.2 Å². The molecule has 2 saturated heterocycles. The Balaban J connectivity index is 1.38. The number of H-pyrrole nitrogens is 1. The predicted molar refractivity (Wildman–Crippen MR) is 90.0 cm³/mol. The topological polar surface area (TPSA) is 86.3 Å². The van der Waals surface area contributed by atoms with E-state index in [4.69, 9.17) is 0 Å². The van der Waals surface area contributed by atoms with E-state index in [1.807, 2.05) is 17.0 Å². The minimum atomic E-state index is -0.0733. The molecule has 0 aromatic carbocycles. The molecule has 0 bridgehead atoms. The molecule has 2 aromatic heterocycles. The van der Waals surface area contributed by atoms with Crippen LogP contribution in [-0.4, -0.2) is 69.6 Å². The van der Waals surface area contributed by atoms with Gasteiger partial charge in [0, 0.05) is 51.5 Å². The normalized spacial score (nSPS) is 20.0. The van der Waals surface area contributed by atoms with Gasteiger partial charge in [0.15, 0.2) is 5.65 Å². The maximum absolute atomic E-state index is 12.3. The number of nitrogens with zero attached hydrogens (tertiary/aromatic N) is 4. The Hall–Kier alpha value is -2.35. The van der Waals surface area contributed by atoms with E-state index in [0.717, 1.165) is 63.3 Å². The molecule has 2 fully saturated rings. The smallest absolute Gasteiger partial charge is 0.327 e. The first-order valence-electron chi connectivity index (χ1n) is 8.53. The second kappa shape index (κ2) is 6.27. The van der Waals surface area contributed by atoms with Gasteiger partial charge in [-0.05, 0) is 25.0 Å². The quantitative estimate of drug-likeness (QED) is 0.849. The molecule has 0 saturated carbocycles. The minimum absolute atomic E-state index is 0.0429. The third-order valence-corrected chi connectivity index (χ3v) is 5.03. The van der Waals surface area contributed by atoms with Gasteiger partial charge in [-0.2, -0.15) is 0 Å². The highest BCUT2D eigenvalue weighted by molar-refractivity contribution is 5.76. The molecule has 0 radical (unpaired) electrons. The lowest BCUT2D eigenvalue weighted by Gasteiger charge is -2.33. The zero-order valence-corrected chi connectivity index (χ0v) is 13.6. The number of hydrogen-bond acceptors (Lipinski definition) is 4. The molecule has 128 valence electrons. The number of likely N-dealkylation sites (tertiary alicyclic amines) is 1. The molecule has 2 N–H and O–H groups in total. The van der Waals surface area contributed by atoms with Crippen LogP contribution in [0.4, 0.5) is 4.79 Å². The summed E-state index contributed by atoms with van der Waals surface area (Å²) in [4.78, 5) is 35.3. The maximum Gasteiger partial charge on any atom is 0.327 e. The molecule has 24 heavy (non-hydrogen) atoms. The van der Waals surface area contributed by atoms with E-state index in [1.54, 1.807) is 10.8 Å². The summed E-state index contributed by atoms with van der Waals surface area (Å²) in [5.74, 6) is 0. The fraction of sp³-hybridized carbons (Fsp3) is 0.562. The Morgan fingerprint density at radius 1 is 1.17 bits per heavy atom. The molecule has 2 aliphatic heterocycles. The molecule has 0 atom stereocenters. The maximum atomic E-state index is 12.3. The summed E-state index contributed by atoms with van der Waals surface area (Å²) >= 11 is 0. The highest BCUT2D eigenvalue weighted by Crippen LogP contribution is 2.23. The molecular weight excluding hydrogens is 308 g/mol. The number of amides is 2. The van der Waals surface area contributed by atoms with Crippen molar-refractivity contribution in [1.29, 1.82) is 0 Å². The number of piperidine rings is 1. The lowest BCUT2D eigenvalue weighted by molar-refractivity contribution is 0.166. The number of hydrogen-bond donors (Lipinski definition) is 2. The van der Waals surface area contributed by atoms with Crippen molar-refractivity contribution in [2.24, 2.45) is 0 Å². The molecule has 4 heterocycles. The first-order chi connectivity index (χ1) is 11.7. The van der Waals surface area contributed by atoms with Crippen LogP contribution in [0.15, 0.2) is 23.1 Å². The van der Waals surface area contributed by atoms with Gasteiger partial charge in [0.25, 0.3) is 0 Å². The largest absolute Gasteiger partial charge is 0.336 e. The standard InChI is InChI=1S/C16H22N6O2/c23-15-18-6-9-21(15)11-10-20-7-3-12(4-8-20)22-14-13(19-16(22)24)2-1-5-17-14/h1-2,5,12H,3-4,6-11H2,(H,18,23)(H,19,24). The van der Waals surface area contributed by atoms with Crippen molar-refractivity contribution in [2.75, 3.05) is 39.3 Å². The van der Waals surface area contributed by atoms with Gasteiger partial charge in [-0.15, -0.1) is 0 Å². The predicted octanol–water partition coefficient (Wildman–Crippen LogP) is 0.387. The van der Waals surface area contributed by atoms with Crippen LogP contribution in [-0.2, 0) is 0 Å². The number of pyridine rings is 1. The van der Waals surface area contributed by atoms with Gasteiger partial charge in [-0.3, -0.25) is 4.57 Å². The van der Waals surface area contributed by atoms with E-state index in [0.29, 0.717) is 0 Å². The van der Waals surface area contributed by atoms with E-state index >= 15 is 0 Å². The van der Waals surface area contributed by atoms with Crippen molar-refractivity contribution in [3.05, 3.63) is 28.8 Å². The summed E-state index contributed by atoms with van der Waals surface area (Å²) in [6.07, 6.45) is 3.58. The van der Waals surface area contributed by atoms with Crippen LogP contribution < -0.4 is 11.0 Å². The number of aromatic nitrogens is 3. The van der Waals surface area contributed by atoms with Crippen LogP contribution in [0.3, 0.4) is 0 Å². The Morgan fingerprint density at radius 2 is 2.00 bits per heavy atom. The summed E-state index contributed by atoms with van der Waals surface area (Å²) in [7, 11) is 0. The number of nitrogens with one attached hydrogen (secondary N) is 2. The van der Waals surface area contributed by atoms with Crippen LogP contribution in [0.5, 0.6) is 0 Å². The molecule has 8 heteroatoms. The second-order valence-corrected chi connectivity index (χ2v) is 6.47. The van der Waals surface area contributed by atoms with Crippen molar-refractivity contribution in [3.8, 4) is 0 Å². The zero-order chi connectivity index (χ0) is 16.5. The SMILES string of the molecule is O=C1NCCN1CCN1CCC(n2c(=O)[nH]c3cccnc32)CC1. The molecule has 0 unspecified atom stereocenters. The first kappa shape index (κ1) is 15.2. The zero-order valence-electron chi connectivity index (χ0n) is 13.6. The number of fused-ring (bicyclic) bond motifs is 1. The van der Waals surface area contributed by atoms with Gasteiger partial charge < -0.3 is 20.1 Å². The number of carbonyl (C=O) groups is 1. The third kappa shape index (κ3) is 2.77. The summed E-state index contributed by atoms with van der Waals surface area (Å²) in [6, 6.07) is 3.95. The van der Waals surface area contributed by atoms with Crippen molar-refractivity contribution < 1.29 is 4.79 Å². The van der Waals surface area contributed by atoms with E-state index in [9.17, 15) is 9.59 Å². The van der Waals surface area contributed by atoms with Crippen molar-refractivity contribution in [2.45, 2.75) is 18.9 Å². The highest BCUT2D eigenvalue weighted by Gasteiger charge is 2.25. The number of rotatable bonds is 4. The van der Waals surface area contributed by atoms with E-state index in [2.05, 4.69) is 20.2 Å². The molecule has 2 aliphatic rings. The number of urea groups is 1. The average Bonchev–Trinajstić information content (AvgIpc) is 3.15. The average molecular weight is 330 g/mol. The number of carbonyl (C=O) groups excluding carboxylic acids is 1. The fourth-order valence-electron chi connectivity index (χ4n) is 3.68. The van der Waals surface area contributed by atoms with E-state index < -0.39 is 0 Å². The van der Waals surface area contributed by atoms with Gasteiger partial charge in [-0.1, -0.05) is 0 Å². The second-order valence-electron chi connectivity index (χ2n) is 6.47. The summed E-state index contributed by atoms with van der Waals surface area (Å²) in [5.41, 5.74) is 1.47. The van der Waals surface area contributed by atoms with Crippen molar-refractivity contribution in [1.82, 2.24) is 29.7 Å². The van der Waals surface area contributed by atoms with Crippen LogP contribution in [0, 0.1) is 0 Å². The molecule has 2 aromatic rings. The molecule has 0 spiro atoms. The van der Waals surface area contributed by atoms with Gasteiger partial charge >= 0.3 is 11.7 Å². The summed E-state index contributed by atoms with van der Waals surface area (Å²) in [5, 5.41) is 2.83. The van der Waals surface area contributed by atoms with Gasteiger partial charge in [-0.25, -0.2) is 14.6 Å². The van der Waals surface area contributed by atoms with Gasteiger partial charge in [0.2, 0.25) is 0 Å². The van der Waals surface area contributed by atoms with E-state index in [-0.39, 0.29) is 17.8 Å². The lowest BCUT2D eigenvalue weighted by Crippen LogP contribution is -2.42. The first-order valence-corrected chi connectivity index (χ1v) is 8.53. The van der Waals surface area contributed by atoms with Gasteiger partial charge in [0.1, 0.15) is 0 Å². The third-order valence-electron chi connectivity index (χ3n) is 5.03. The monoisotopic (exact) mass is 330 g/mol. The Bertz CT molecular complexity index is 789. The van der Waals surface area contributed by atoms with Gasteiger partial charge in [0.05, 0.1) is 5.52 Å². The molecule has 2 amide bonds. The molecular formula is C16H22N6O2. The van der Waals surface area contributed by atoms with Crippen LogP contribution >= 0.6 is 0 Å². The van der Waals surface area contributed by atoms with Crippen LogP contribution in [0.1, 0.15) is 18.9 Å². The lowest BCUT2D eigenvalue weighted by atomic mass is 10.0. The Kier molecular flexibility index (Phi) is 3.97. The van der Waals surface area contributed by atoms with Crippen LogP contribution in [0.2, 0.25) is 0 Å². The minimum Gasteiger partial charge on any atom is -0.336 e. The molecule has 8 nitrogen and oxygen atoms in total. The number of imidazole rings is 1. The fourth-order valence-corrected chi connectivity index (χ4v) is 3.68. The van der Waals surface area contributed by atoms with E-state index in [1.165, 1.54) is 0 Å². The summed E-state index contributed by atoms with van der Waals surface area (Å²) < 4.78 is 1.81. The molecule has 4 rings (SSSR count). The molecule has 0 aliphatic carbocycles. The Labute approximate surface area is 139 Å². The number of aromatic amines is 1. The Morgan fingerprint density at radius 3 is 2.75 bits per heavy atom. The summed E-state index contributed by atoms with van der Waals surface area (Å²) in [6.45, 7) is 5.08. The van der Waals surface area contributed by atoms with Crippen LogP contribution in [0.25, 0.3) is 11.2 Å². The van der Waals surface area contributed by atoms with Crippen molar-refractivity contribution in [3.63, 3.8) is 0 Å². The highest BCUT2D eigenvalue weighted by atomic mass is 16.2.